The third-order valence-electron chi connectivity index (χ3n) is 7.01. The molecular weight excluding hydrogens is 424 g/mol. The molecule has 0 spiro atoms. The maximum absolute atomic E-state index is 11.7. The Kier molecular flexibility index (Phi) is 5.95. The molecule has 3 aromatic rings. The molecule has 1 heterocycles. The molecule has 2 atom stereocenters. The van der Waals surface area contributed by atoms with Crippen molar-refractivity contribution in [2.75, 3.05) is 23.7 Å². The van der Waals surface area contributed by atoms with Crippen LogP contribution < -0.4 is 16.0 Å². The number of para-hydroxylation sites is 1. The number of rotatable bonds is 8. The van der Waals surface area contributed by atoms with Crippen LogP contribution in [0.3, 0.4) is 0 Å². The van der Waals surface area contributed by atoms with E-state index < -0.39 is 11.4 Å². The molecule has 0 unspecified atom stereocenters. The summed E-state index contributed by atoms with van der Waals surface area (Å²) in [6.45, 7) is 1.47. The van der Waals surface area contributed by atoms with Gasteiger partial charge in [0.05, 0.1) is 34.4 Å². The highest BCUT2D eigenvalue weighted by atomic mass is 16.4. The number of carboxylic acids is 1. The van der Waals surface area contributed by atoms with Crippen molar-refractivity contribution in [2.24, 2.45) is 0 Å². The summed E-state index contributed by atoms with van der Waals surface area (Å²) in [5.41, 5.74) is 4.97. The van der Waals surface area contributed by atoms with Gasteiger partial charge in [0.25, 0.3) is 0 Å². The Morgan fingerprint density at radius 2 is 1.91 bits per heavy atom. The summed E-state index contributed by atoms with van der Waals surface area (Å²) in [4.78, 5) is 11.7. The third kappa shape index (κ3) is 4.23. The average molecular weight is 453 g/mol. The molecule has 5 rings (SSSR count). The minimum absolute atomic E-state index is 0.0329. The third-order valence-corrected chi connectivity index (χ3v) is 7.01. The highest BCUT2D eigenvalue weighted by Crippen LogP contribution is 2.48. The monoisotopic (exact) mass is 452 g/mol. The Hall–Kier alpha value is -3.82. The van der Waals surface area contributed by atoms with E-state index in [9.17, 15) is 15.2 Å². The van der Waals surface area contributed by atoms with Crippen LogP contribution in [-0.2, 0) is 16.6 Å². The number of hydrogen-bond donors (Lipinski definition) is 4. The van der Waals surface area contributed by atoms with Gasteiger partial charge in [-0.25, -0.2) is 0 Å². The van der Waals surface area contributed by atoms with Gasteiger partial charge in [0.15, 0.2) is 0 Å². The lowest BCUT2D eigenvalue weighted by molar-refractivity contribution is -0.140. The van der Waals surface area contributed by atoms with E-state index in [2.05, 4.69) is 46.3 Å². The second-order valence-electron chi connectivity index (χ2n) is 9.15. The van der Waals surface area contributed by atoms with Crippen LogP contribution >= 0.6 is 0 Å². The van der Waals surface area contributed by atoms with E-state index in [1.165, 1.54) is 5.56 Å². The van der Waals surface area contributed by atoms with Crippen LogP contribution in [0.2, 0.25) is 0 Å². The maximum Gasteiger partial charge on any atom is 0.314 e. The molecule has 0 aromatic heterocycles. The molecule has 1 saturated carbocycles. The van der Waals surface area contributed by atoms with Gasteiger partial charge < -0.3 is 21.1 Å². The van der Waals surface area contributed by atoms with E-state index in [1.54, 1.807) is 0 Å². The van der Waals surface area contributed by atoms with E-state index >= 15 is 0 Å². The molecule has 6 nitrogen and oxygen atoms in total. The number of nitriles is 1. The number of hydrogen-bond acceptors (Lipinski definition) is 5. The molecule has 172 valence electrons. The van der Waals surface area contributed by atoms with E-state index in [1.807, 2.05) is 48.5 Å². The number of aliphatic carboxylic acids is 1. The van der Waals surface area contributed by atoms with Crippen molar-refractivity contribution in [1.82, 2.24) is 5.32 Å². The second-order valence-corrected chi connectivity index (χ2v) is 9.15. The lowest BCUT2D eigenvalue weighted by Crippen LogP contribution is -2.44. The highest BCUT2D eigenvalue weighted by molar-refractivity contribution is 5.85. The quantitative estimate of drug-likeness (QED) is 0.403. The van der Waals surface area contributed by atoms with Crippen LogP contribution in [0.4, 0.5) is 11.4 Å². The fourth-order valence-electron chi connectivity index (χ4n) is 4.91. The van der Waals surface area contributed by atoms with Gasteiger partial charge in [-0.05, 0) is 54.6 Å². The van der Waals surface area contributed by atoms with E-state index in [0.29, 0.717) is 18.4 Å². The number of nitrogens with one attached hydrogen (secondary N) is 3. The first-order valence-corrected chi connectivity index (χ1v) is 11.8. The number of nitrogens with zero attached hydrogens (tertiary/aromatic N) is 1. The lowest BCUT2D eigenvalue weighted by Gasteiger charge is -2.35. The smallest absolute Gasteiger partial charge is 0.314 e. The molecule has 0 bridgehead atoms. The molecule has 3 aromatic carbocycles. The van der Waals surface area contributed by atoms with Crippen LogP contribution in [0.25, 0.3) is 0 Å². The Morgan fingerprint density at radius 1 is 1.12 bits per heavy atom. The minimum Gasteiger partial charge on any atom is -0.481 e. The molecule has 34 heavy (non-hydrogen) atoms. The average Bonchev–Trinajstić information content (AvgIpc) is 3.69. The number of anilines is 2. The molecule has 0 saturated heterocycles. The molecule has 1 aliphatic carbocycles. The SMILES string of the molecule is N#Cc1cccc2c1N[C@@H]([C@H](NCCc1cccc(C3(C(=O)O)CC3)c1)c1ccccc1)CN2. The first kappa shape index (κ1) is 22.0. The molecule has 1 fully saturated rings. The first-order valence-electron chi connectivity index (χ1n) is 11.8. The molecule has 6 heteroatoms. The Bertz CT molecular complexity index is 1230. The zero-order valence-corrected chi connectivity index (χ0v) is 18.9. The van der Waals surface area contributed by atoms with Gasteiger partial charge in [-0.2, -0.15) is 5.26 Å². The van der Waals surface area contributed by atoms with Gasteiger partial charge in [0, 0.05) is 6.54 Å². The number of fused-ring (bicyclic) bond motifs is 1. The van der Waals surface area contributed by atoms with Gasteiger partial charge >= 0.3 is 5.97 Å². The second kappa shape index (κ2) is 9.20. The van der Waals surface area contributed by atoms with Crippen molar-refractivity contribution in [3.05, 3.63) is 95.1 Å². The molecule has 4 N–H and O–H groups in total. The predicted octanol–water partition coefficient (Wildman–Crippen LogP) is 4.45. The van der Waals surface area contributed by atoms with Crippen molar-refractivity contribution in [3.63, 3.8) is 0 Å². The Labute approximate surface area is 199 Å². The molecule has 0 amide bonds. The summed E-state index contributed by atoms with van der Waals surface area (Å²) in [6.07, 6.45) is 2.23. The summed E-state index contributed by atoms with van der Waals surface area (Å²) in [5.74, 6) is -0.722. The zero-order chi connectivity index (χ0) is 23.5. The Balaban J connectivity index is 1.32. The first-order chi connectivity index (χ1) is 16.6. The standard InChI is InChI=1S/C28H28N4O2/c29-17-21-9-5-11-23-26(21)32-24(18-31-23)25(20-7-2-1-3-8-20)30-15-12-19-6-4-10-22(16-19)28(13-14-28)27(33)34/h1-11,16,24-25,30-32H,12-15,18H2,(H,33,34)/t24-,25-/m1/s1. The fourth-order valence-corrected chi connectivity index (χ4v) is 4.91. The van der Waals surface area contributed by atoms with Gasteiger partial charge in [0.1, 0.15) is 6.07 Å². The summed E-state index contributed by atoms with van der Waals surface area (Å²) in [5, 5.41) is 30.0. The summed E-state index contributed by atoms with van der Waals surface area (Å²) in [7, 11) is 0. The molecule has 0 radical (unpaired) electrons. The van der Waals surface area contributed by atoms with Crippen LogP contribution in [-0.4, -0.2) is 30.2 Å². The summed E-state index contributed by atoms with van der Waals surface area (Å²) in [6, 6.07) is 26.4. The van der Waals surface area contributed by atoms with Gasteiger partial charge in [0.2, 0.25) is 0 Å². The normalized spacial score (nSPS) is 18.5. The van der Waals surface area contributed by atoms with Crippen molar-refractivity contribution in [2.45, 2.75) is 36.8 Å². The van der Waals surface area contributed by atoms with E-state index in [0.717, 1.165) is 42.0 Å². The topological polar surface area (TPSA) is 97.2 Å². The largest absolute Gasteiger partial charge is 0.481 e. The van der Waals surface area contributed by atoms with E-state index in [4.69, 9.17) is 0 Å². The maximum atomic E-state index is 11.7. The summed E-state index contributed by atoms with van der Waals surface area (Å²) < 4.78 is 0. The van der Waals surface area contributed by atoms with Crippen molar-refractivity contribution < 1.29 is 9.90 Å². The lowest BCUT2D eigenvalue weighted by atomic mass is 9.93. The highest BCUT2D eigenvalue weighted by Gasteiger charge is 2.51. The van der Waals surface area contributed by atoms with E-state index in [-0.39, 0.29) is 12.1 Å². The van der Waals surface area contributed by atoms with Crippen molar-refractivity contribution in [1.29, 1.82) is 5.26 Å². The van der Waals surface area contributed by atoms with Gasteiger partial charge in [-0.3, -0.25) is 4.79 Å². The van der Waals surface area contributed by atoms with Crippen LogP contribution in [0, 0.1) is 11.3 Å². The molecular formula is C28H28N4O2. The number of benzene rings is 3. The summed E-state index contributed by atoms with van der Waals surface area (Å²) >= 11 is 0. The predicted molar refractivity (Wildman–Crippen MR) is 133 cm³/mol. The molecule has 2 aliphatic rings. The van der Waals surface area contributed by atoms with Gasteiger partial charge in [-0.15, -0.1) is 0 Å². The van der Waals surface area contributed by atoms with Crippen LogP contribution in [0.15, 0.2) is 72.8 Å². The minimum atomic E-state index is -0.722. The Morgan fingerprint density at radius 3 is 2.65 bits per heavy atom. The zero-order valence-electron chi connectivity index (χ0n) is 18.9. The fraction of sp³-hybridized carbons (Fsp3) is 0.286. The number of carbonyl (C=O) groups is 1. The van der Waals surface area contributed by atoms with Crippen LogP contribution in [0.5, 0.6) is 0 Å². The van der Waals surface area contributed by atoms with Crippen molar-refractivity contribution in [3.8, 4) is 6.07 Å². The number of carboxylic acid groups (broad SMARTS) is 1. The van der Waals surface area contributed by atoms with Crippen molar-refractivity contribution >= 4 is 17.3 Å². The molecule has 1 aliphatic heterocycles. The van der Waals surface area contributed by atoms with Gasteiger partial charge in [-0.1, -0.05) is 60.7 Å². The van der Waals surface area contributed by atoms with Crippen LogP contribution in [0.1, 0.15) is 41.1 Å².